The minimum atomic E-state index is -0.373. The van der Waals surface area contributed by atoms with Crippen LogP contribution in [0.4, 0.5) is 10.2 Å². The number of hydrogen-bond donors (Lipinski definition) is 1. The van der Waals surface area contributed by atoms with Gasteiger partial charge in [0, 0.05) is 24.8 Å². The highest BCUT2D eigenvalue weighted by Gasteiger charge is 2.17. The average molecular weight is 210 g/mol. The van der Waals surface area contributed by atoms with Crippen molar-refractivity contribution in [3.05, 3.63) is 23.6 Å². The predicted octanol–water partition coefficient (Wildman–Crippen LogP) is 1.70. The highest BCUT2D eigenvalue weighted by atomic mass is 19.1. The molecule has 0 atom stereocenters. The fraction of sp³-hybridized carbons (Fsp3) is 0.545. The van der Waals surface area contributed by atoms with Gasteiger partial charge < -0.3 is 10.0 Å². The van der Waals surface area contributed by atoms with Gasteiger partial charge in [-0.25, -0.2) is 9.37 Å². The molecule has 0 amide bonds. The van der Waals surface area contributed by atoms with E-state index in [1.54, 1.807) is 6.20 Å². The summed E-state index contributed by atoms with van der Waals surface area (Å²) in [5.41, 5.74) is 0.325. The van der Waals surface area contributed by atoms with E-state index in [1.165, 1.54) is 12.5 Å². The summed E-state index contributed by atoms with van der Waals surface area (Å²) in [6.07, 6.45) is 4.94. The molecule has 1 aromatic heterocycles. The van der Waals surface area contributed by atoms with E-state index in [1.807, 2.05) is 4.90 Å². The summed E-state index contributed by atoms with van der Waals surface area (Å²) in [5.74, 6) is 0.0168. The zero-order chi connectivity index (χ0) is 10.7. The molecule has 1 N–H and O–H groups in total. The summed E-state index contributed by atoms with van der Waals surface area (Å²) in [5, 5.41) is 8.95. The van der Waals surface area contributed by atoms with Gasteiger partial charge in [0.25, 0.3) is 0 Å². The second-order valence-electron chi connectivity index (χ2n) is 3.81. The van der Waals surface area contributed by atoms with E-state index in [9.17, 15) is 4.39 Å². The Bertz CT molecular complexity index is 337. The summed E-state index contributed by atoms with van der Waals surface area (Å²) in [6.45, 7) is 1.45. The van der Waals surface area contributed by atoms with Gasteiger partial charge in [0.15, 0.2) is 11.6 Å². The Morgan fingerprint density at radius 3 is 2.73 bits per heavy atom. The third-order valence-electron chi connectivity index (χ3n) is 2.78. The summed E-state index contributed by atoms with van der Waals surface area (Å²) in [6, 6.07) is 1.52. The fourth-order valence-electron chi connectivity index (χ4n) is 1.92. The SMILES string of the molecule is OCc1ccnc(N2CCCCC2)c1F. The Hall–Kier alpha value is -1.16. The van der Waals surface area contributed by atoms with Crippen LogP contribution < -0.4 is 4.90 Å². The third kappa shape index (κ3) is 2.09. The van der Waals surface area contributed by atoms with Crippen molar-refractivity contribution in [3.8, 4) is 0 Å². The highest BCUT2D eigenvalue weighted by molar-refractivity contribution is 5.43. The van der Waals surface area contributed by atoms with Crippen molar-refractivity contribution in [1.82, 2.24) is 4.98 Å². The summed E-state index contributed by atoms with van der Waals surface area (Å²) in [7, 11) is 0. The third-order valence-corrected chi connectivity index (χ3v) is 2.78. The number of anilines is 1. The maximum atomic E-state index is 13.8. The number of halogens is 1. The van der Waals surface area contributed by atoms with E-state index in [4.69, 9.17) is 5.11 Å². The van der Waals surface area contributed by atoms with E-state index in [0.717, 1.165) is 25.9 Å². The number of hydrogen-bond acceptors (Lipinski definition) is 3. The largest absolute Gasteiger partial charge is 0.392 e. The molecule has 0 aliphatic carbocycles. The molecule has 0 unspecified atom stereocenters. The smallest absolute Gasteiger partial charge is 0.171 e. The number of pyridine rings is 1. The molecule has 1 aromatic rings. The van der Waals surface area contributed by atoms with Crippen LogP contribution in [-0.4, -0.2) is 23.2 Å². The molecule has 2 heterocycles. The number of piperidine rings is 1. The van der Waals surface area contributed by atoms with Crippen LogP contribution in [-0.2, 0) is 6.61 Å². The van der Waals surface area contributed by atoms with Crippen LogP contribution in [0, 0.1) is 5.82 Å². The number of rotatable bonds is 2. The lowest BCUT2D eigenvalue weighted by Crippen LogP contribution is -2.31. The van der Waals surface area contributed by atoms with Crippen LogP contribution >= 0.6 is 0 Å². The summed E-state index contributed by atoms with van der Waals surface area (Å²) < 4.78 is 13.8. The molecule has 0 bridgehead atoms. The second-order valence-corrected chi connectivity index (χ2v) is 3.81. The Morgan fingerprint density at radius 1 is 1.33 bits per heavy atom. The molecule has 0 saturated carbocycles. The normalized spacial score (nSPS) is 16.8. The Kier molecular flexibility index (Phi) is 3.16. The molecule has 82 valence electrons. The molecule has 4 heteroatoms. The minimum Gasteiger partial charge on any atom is -0.392 e. The van der Waals surface area contributed by atoms with Crippen molar-refractivity contribution in [2.45, 2.75) is 25.9 Å². The molecule has 1 aliphatic rings. The molecule has 1 fully saturated rings. The van der Waals surface area contributed by atoms with Crippen molar-refractivity contribution in [2.75, 3.05) is 18.0 Å². The monoisotopic (exact) mass is 210 g/mol. The van der Waals surface area contributed by atoms with Crippen LogP contribution in [0.1, 0.15) is 24.8 Å². The van der Waals surface area contributed by atoms with Crippen LogP contribution in [0.3, 0.4) is 0 Å². The molecule has 1 aliphatic heterocycles. The van der Waals surface area contributed by atoms with E-state index in [2.05, 4.69) is 4.98 Å². The van der Waals surface area contributed by atoms with Gasteiger partial charge in [0.2, 0.25) is 0 Å². The molecule has 1 saturated heterocycles. The first kappa shape index (κ1) is 10.4. The topological polar surface area (TPSA) is 36.4 Å². The predicted molar refractivity (Wildman–Crippen MR) is 56.2 cm³/mol. The molecule has 3 nitrogen and oxygen atoms in total. The Labute approximate surface area is 88.6 Å². The molecular formula is C11H15FN2O. The molecule has 0 radical (unpaired) electrons. The van der Waals surface area contributed by atoms with Crippen molar-refractivity contribution in [1.29, 1.82) is 0 Å². The standard InChI is InChI=1S/C11H15FN2O/c12-10-9(8-15)4-5-13-11(10)14-6-2-1-3-7-14/h4-5,15H,1-3,6-8H2. The minimum absolute atomic E-state index is 0.269. The average Bonchev–Trinajstić information content (AvgIpc) is 2.30. The van der Waals surface area contributed by atoms with Crippen LogP contribution in [0.25, 0.3) is 0 Å². The number of aromatic nitrogens is 1. The molecule has 0 spiro atoms. The number of nitrogens with zero attached hydrogens (tertiary/aromatic N) is 2. The van der Waals surface area contributed by atoms with Crippen LogP contribution in [0.5, 0.6) is 0 Å². The zero-order valence-corrected chi connectivity index (χ0v) is 8.62. The van der Waals surface area contributed by atoms with E-state index < -0.39 is 0 Å². The molecule has 2 rings (SSSR count). The lowest BCUT2D eigenvalue weighted by Gasteiger charge is -2.28. The lowest BCUT2D eigenvalue weighted by molar-refractivity contribution is 0.275. The van der Waals surface area contributed by atoms with E-state index >= 15 is 0 Å². The van der Waals surface area contributed by atoms with Gasteiger partial charge in [0.05, 0.1) is 6.61 Å². The molecule has 0 aromatic carbocycles. The van der Waals surface area contributed by atoms with Gasteiger partial charge in [-0.15, -0.1) is 0 Å². The van der Waals surface area contributed by atoms with Gasteiger partial charge >= 0.3 is 0 Å². The molecule has 15 heavy (non-hydrogen) atoms. The zero-order valence-electron chi connectivity index (χ0n) is 8.62. The number of aliphatic hydroxyl groups excluding tert-OH is 1. The fourth-order valence-corrected chi connectivity index (χ4v) is 1.92. The van der Waals surface area contributed by atoms with Gasteiger partial charge in [0.1, 0.15) is 0 Å². The Morgan fingerprint density at radius 2 is 2.07 bits per heavy atom. The maximum absolute atomic E-state index is 13.8. The van der Waals surface area contributed by atoms with Gasteiger partial charge in [-0.05, 0) is 25.3 Å². The first-order valence-corrected chi connectivity index (χ1v) is 5.32. The van der Waals surface area contributed by atoms with Crippen molar-refractivity contribution < 1.29 is 9.50 Å². The first-order chi connectivity index (χ1) is 7.33. The van der Waals surface area contributed by atoms with Gasteiger partial charge in [-0.3, -0.25) is 0 Å². The van der Waals surface area contributed by atoms with Crippen LogP contribution in [0.2, 0.25) is 0 Å². The quantitative estimate of drug-likeness (QED) is 0.807. The highest BCUT2D eigenvalue weighted by Crippen LogP contribution is 2.22. The van der Waals surface area contributed by atoms with Gasteiger partial charge in [-0.1, -0.05) is 0 Å². The van der Waals surface area contributed by atoms with Crippen molar-refractivity contribution in [3.63, 3.8) is 0 Å². The van der Waals surface area contributed by atoms with E-state index in [0.29, 0.717) is 11.4 Å². The first-order valence-electron chi connectivity index (χ1n) is 5.32. The van der Waals surface area contributed by atoms with Gasteiger partial charge in [-0.2, -0.15) is 0 Å². The van der Waals surface area contributed by atoms with Crippen molar-refractivity contribution in [2.24, 2.45) is 0 Å². The van der Waals surface area contributed by atoms with Crippen molar-refractivity contribution >= 4 is 5.82 Å². The van der Waals surface area contributed by atoms with Crippen LogP contribution in [0.15, 0.2) is 12.3 Å². The lowest BCUT2D eigenvalue weighted by atomic mass is 10.1. The Balaban J connectivity index is 2.26. The molecular weight excluding hydrogens is 195 g/mol. The summed E-state index contributed by atoms with van der Waals surface area (Å²) in [4.78, 5) is 6.01. The summed E-state index contributed by atoms with van der Waals surface area (Å²) >= 11 is 0. The number of aliphatic hydroxyl groups is 1. The van der Waals surface area contributed by atoms with E-state index in [-0.39, 0.29) is 12.4 Å². The maximum Gasteiger partial charge on any atom is 0.171 e. The second kappa shape index (κ2) is 4.57.